The van der Waals surface area contributed by atoms with Gasteiger partial charge in [0.2, 0.25) is 17.7 Å². The Labute approximate surface area is 206 Å². The van der Waals surface area contributed by atoms with Crippen molar-refractivity contribution >= 4 is 23.6 Å². The summed E-state index contributed by atoms with van der Waals surface area (Å²) in [6, 6.07) is 15.2. The van der Waals surface area contributed by atoms with E-state index in [9.17, 15) is 19.6 Å². The van der Waals surface area contributed by atoms with E-state index in [4.69, 9.17) is 0 Å². The fraction of sp³-hybridized carbons (Fsp3) is 0.407. The van der Waals surface area contributed by atoms with Crippen molar-refractivity contribution in [1.82, 2.24) is 15.5 Å². The molecule has 0 spiro atoms. The second-order valence-electron chi connectivity index (χ2n) is 9.41. The molecular formula is C27H34N4O4. The van der Waals surface area contributed by atoms with Crippen LogP contribution in [0.25, 0.3) is 0 Å². The Morgan fingerprint density at radius 2 is 1.77 bits per heavy atom. The van der Waals surface area contributed by atoms with Gasteiger partial charge in [0.15, 0.2) is 5.84 Å². The third-order valence-electron chi connectivity index (χ3n) is 6.05. The molecule has 2 atom stereocenters. The molecule has 3 rings (SSSR count). The van der Waals surface area contributed by atoms with E-state index in [-0.39, 0.29) is 30.0 Å². The quantitative estimate of drug-likeness (QED) is 0.234. The molecule has 3 amide bonds. The van der Waals surface area contributed by atoms with Crippen LogP contribution in [0.1, 0.15) is 49.8 Å². The van der Waals surface area contributed by atoms with Gasteiger partial charge in [-0.05, 0) is 37.7 Å². The number of nitrogens with zero attached hydrogens (tertiary/aromatic N) is 2. The van der Waals surface area contributed by atoms with E-state index >= 15 is 0 Å². The summed E-state index contributed by atoms with van der Waals surface area (Å²) in [4.78, 5) is 40.8. The number of amides is 3. The van der Waals surface area contributed by atoms with Gasteiger partial charge in [-0.15, -0.1) is 0 Å². The lowest BCUT2D eigenvalue weighted by molar-refractivity contribution is -0.141. The minimum atomic E-state index is -0.720. The molecule has 8 heteroatoms. The van der Waals surface area contributed by atoms with Gasteiger partial charge in [0, 0.05) is 12.1 Å². The molecule has 0 saturated carbocycles. The highest BCUT2D eigenvalue weighted by atomic mass is 16.4. The highest BCUT2D eigenvalue weighted by Gasteiger charge is 2.38. The summed E-state index contributed by atoms with van der Waals surface area (Å²) in [5.74, 6) is -0.710. The molecule has 1 fully saturated rings. The Morgan fingerprint density at radius 1 is 1.09 bits per heavy atom. The Balaban J connectivity index is 1.69. The number of hydrogen-bond acceptors (Lipinski definition) is 5. The number of carbonyl (C=O) groups excluding carboxylic acids is 3. The summed E-state index contributed by atoms with van der Waals surface area (Å²) in [5, 5.41) is 18.3. The normalized spacial score (nSPS) is 16.7. The standard InChI is InChI=1S/C27H34N4O4/c1-18(2)16-22(28-24(32)17-20-8-5-4-6-9-20)27(34)31-15-7-10-23(31)26(33)29-25(30-35)21-13-11-19(3)12-14-21/h4-6,8-9,11-14,18,22-23,35H,7,10,15-17H2,1-3H3,(H,28,32)(H,29,30,33)/t22?,23-/m0/s1. The molecule has 186 valence electrons. The highest BCUT2D eigenvalue weighted by Crippen LogP contribution is 2.21. The van der Waals surface area contributed by atoms with Crippen molar-refractivity contribution in [3.05, 3.63) is 71.3 Å². The zero-order valence-corrected chi connectivity index (χ0v) is 20.5. The van der Waals surface area contributed by atoms with Crippen molar-refractivity contribution in [1.29, 1.82) is 0 Å². The lowest BCUT2D eigenvalue weighted by Gasteiger charge is -2.29. The Kier molecular flexibility index (Phi) is 9.00. The smallest absolute Gasteiger partial charge is 0.248 e. The second-order valence-corrected chi connectivity index (χ2v) is 9.41. The number of benzene rings is 2. The lowest BCUT2D eigenvalue weighted by atomic mass is 10.0. The number of amidine groups is 1. The van der Waals surface area contributed by atoms with Crippen LogP contribution in [0.15, 0.2) is 59.8 Å². The Morgan fingerprint density at radius 3 is 2.40 bits per heavy atom. The van der Waals surface area contributed by atoms with Crippen LogP contribution in [0.2, 0.25) is 0 Å². The molecule has 1 unspecified atom stereocenters. The molecule has 1 saturated heterocycles. The van der Waals surface area contributed by atoms with Crippen LogP contribution in [0.3, 0.4) is 0 Å². The van der Waals surface area contributed by atoms with E-state index in [0.29, 0.717) is 31.4 Å². The molecule has 2 aromatic carbocycles. The first-order chi connectivity index (χ1) is 16.8. The van der Waals surface area contributed by atoms with Crippen LogP contribution >= 0.6 is 0 Å². The first-order valence-electron chi connectivity index (χ1n) is 12.0. The molecule has 2 aromatic rings. The van der Waals surface area contributed by atoms with Crippen LogP contribution in [0, 0.1) is 12.8 Å². The maximum Gasteiger partial charge on any atom is 0.248 e. The van der Waals surface area contributed by atoms with E-state index in [0.717, 1.165) is 11.1 Å². The molecule has 35 heavy (non-hydrogen) atoms. The van der Waals surface area contributed by atoms with Crippen molar-refractivity contribution in [2.75, 3.05) is 6.54 Å². The summed E-state index contributed by atoms with van der Waals surface area (Å²) in [7, 11) is 0. The average Bonchev–Trinajstić information content (AvgIpc) is 3.32. The topological polar surface area (TPSA) is 111 Å². The number of hydrogen-bond donors (Lipinski definition) is 3. The molecule has 0 bridgehead atoms. The fourth-order valence-electron chi connectivity index (χ4n) is 4.29. The van der Waals surface area contributed by atoms with E-state index in [1.807, 2.05) is 63.2 Å². The number of oxime groups is 1. The van der Waals surface area contributed by atoms with Crippen molar-refractivity contribution in [3.8, 4) is 0 Å². The lowest BCUT2D eigenvalue weighted by Crippen LogP contribution is -2.54. The van der Waals surface area contributed by atoms with Gasteiger partial charge in [-0.25, -0.2) is 0 Å². The highest BCUT2D eigenvalue weighted by molar-refractivity contribution is 6.09. The van der Waals surface area contributed by atoms with Crippen molar-refractivity contribution in [2.24, 2.45) is 11.1 Å². The molecule has 3 N–H and O–H groups in total. The van der Waals surface area contributed by atoms with Gasteiger partial charge < -0.3 is 20.7 Å². The second kappa shape index (κ2) is 12.1. The van der Waals surface area contributed by atoms with Crippen LogP contribution in [-0.4, -0.2) is 52.3 Å². The summed E-state index contributed by atoms with van der Waals surface area (Å²) >= 11 is 0. The monoisotopic (exact) mass is 478 g/mol. The minimum absolute atomic E-state index is 0.0317. The van der Waals surface area contributed by atoms with Crippen LogP contribution < -0.4 is 10.6 Å². The van der Waals surface area contributed by atoms with Gasteiger partial charge in [-0.3, -0.25) is 14.4 Å². The van der Waals surface area contributed by atoms with Gasteiger partial charge in [-0.2, -0.15) is 0 Å². The van der Waals surface area contributed by atoms with E-state index in [2.05, 4.69) is 15.8 Å². The average molecular weight is 479 g/mol. The van der Waals surface area contributed by atoms with Crippen molar-refractivity contribution in [3.63, 3.8) is 0 Å². The van der Waals surface area contributed by atoms with Crippen LogP contribution in [-0.2, 0) is 20.8 Å². The number of likely N-dealkylation sites (tertiary alicyclic amines) is 1. The Bertz CT molecular complexity index is 1050. The van der Waals surface area contributed by atoms with Gasteiger partial charge >= 0.3 is 0 Å². The molecule has 0 radical (unpaired) electrons. The maximum absolute atomic E-state index is 13.5. The number of rotatable bonds is 8. The summed E-state index contributed by atoms with van der Waals surface area (Å²) in [5.41, 5.74) is 2.47. The first kappa shape index (κ1) is 25.9. The summed E-state index contributed by atoms with van der Waals surface area (Å²) in [6.07, 6.45) is 1.82. The summed E-state index contributed by atoms with van der Waals surface area (Å²) in [6.45, 7) is 6.34. The largest absolute Gasteiger partial charge is 0.409 e. The Hall–Kier alpha value is -3.68. The zero-order valence-electron chi connectivity index (χ0n) is 20.5. The van der Waals surface area contributed by atoms with Gasteiger partial charge in [0.05, 0.1) is 6.42 Å². The SMILES string of the molecule is Cc1ccc(C(=NO)NC(=O)[C@@H]2CCCN2C(=O)C(CC(C)C)NC(=O)Cc2ccccc2)cc1. The number of aryl methyl sites for hydroxylation is 1. The summed E-state index contributed by atoms with van der Waals surface area (Å²) < 4.78 is 0. The van der Waals surface area contributed by atoms with Gasteiger partial charge in [0.1, 0.15) is 12.1 Å². The molecule has 1 heterocycles. The fourth-order valence-corrected chi connectivity index (χ4v) is 4.29. The first-order valence-corrected chi connectivity index (χ1v) is 12.0. The predicted octanol–water partition coefficient (Wildman–Crippen LogP) is 3.01. The van der Waals surface area contributed by atoms with Gasteiger partial charge in [-0.1, -0.05) is 79.2 Å². The predicted molar refractivity (Wildman–Crippen MR) is 134 cm³/mol. The van der Waals surface area contributed by atoms with Crippen molar-refractivity contribution in [2.45, 2.75) is 58.5 Å². The number of nitrogens with one attached hydrogen (secondary N) is 2. The molecular weight excluding hydrogens is 444 g/mol. The minimum Gasteiger partial charge on any atom is -0.409 e. The van der Waals surface area contributed by atoms with Crippen molar-refractivity contribution < 1.29 is 19.6 Å². The van der Waals surface area contributed by atoms with Crippen LogP contribution in [0.5, 0.6) is 0 Å². The third kappa shape index (κ3) is 7.15. The third-order valence-corrected chi connectivity index (χ3v) is 6.05. The van der Waals surface area contributed by atoms with E-state index < -0.39 is 18.0 Å². The molecule has 8 nitrogen and oxygen atoms in total. The number of carbonyl (C=O) groups is 3. The maximum atomic E-state index is 13.5. The zero-order chi connectivity index (χ0) is 25.4. The molecule has 1 aliphatic heterocycles. The van der Waals surface area contributed by atoms with E-state index in [1.54, 1.807) is 12.1 Å². The van der Waals surface area contributed by atoms with E-state index in [1.165, 1.54) is 4.90 Å². The van der Waals surface area contributed by atoms with Gasteiger partial charge in [0.25, 0.3) is 0 Å². The molecule has 0 aliphatic carbocycles. The molecule has 0 aromatic heterocycles. The van der Waals surface area contributed by atoms with Crippen LogP contribution in [0.4, 0.5) is 0 Å². The molecule has 1 aliphatic rings.